The van der Waals surface area contributed by atoms with Gasteiger partial charge in [0.1, 0.15) is 5.56 Å². The zero-order valence-electron chi connectivity index (χ0n) is 13.2. The van der Waals surface area contributed by atoms with Crippen molar-refractivity contribution < 1.29 is 9.90 Å². The van der Waals surface area contributed by atoms with Crippen molar-refractivity contribution in [3.05, 3.63) is 33.7 Å². The molecule has 1 aliphatic rings. The predicted octanol–water partition coefficient (Wildman–Crippen LogP) is 1.32. The van der Waals surface area contributed by atoms with Gasteiger partial charge in [-0.3, -0.25) is 9.59 Å². The summed E-state index contributed by atoms with van der Waals surface area (Å²) in [6.45, 7) is 6.95. The number of pyridine rings is 1. The average Bonchev–Trinajstić information content (AvgIpc) is 2.50. The van der Waals surface area contributed by atoms with Gasteiger partial charge in [-0.2, -0.15) is 0 Å². The van der Waals surface area contributed by atoms with Gasteiger partial charge in [-0.15, -0.1) is 0 Å². The first-order chi connectivity index (χ1) is 9.69. The molecule has 1 unspecified atom stereocenters. The van der Waals surface area contributed by atoms with Gasteiger partial charge in [0.15, 0.2) is 5.43 Å². The molecular weight excluding hydrogens is 268 g/mol. The number of hydrogen-bond donors (Lipinski definition) is 1. The minimum absolute atomic E-state index is 0.151. The number of aromatic nitrogens is 1. The maximum Gasteiger partial charge on any atom is 0.259 e. The van der Waals surface area contributed by atoms with E-state index in [2.05, 4.69) is 0 Å². The molecule has 0 saturated carbocycles. The Morgan fingerprint density at radius 3 is 2.76 bits per heavy atom. The predicted molar refractivity (Wildman–Crippen MR) is 81.3 cm³/mol. The highest BCUT2D eigenvalue weighted by Gasteiger charge is 2.32. The van der Waals surface area contributed by atoms with E-state index in [-0.39, 0.29) is 22.3 Å². The number of carbonyl (C=O) groups excluding carboxylic acids is 1. The summed E-state index contributed by atoms with van der Waals surface area (Å²) in [5.41, 5.74) is 0.637. The van der Waals surface area contributed by atoms with Crippen molar-refractivity contribution in [3.8, 4) is 0 Å². The molecule has 1 aliphatic heterocycles. The van der Waals surface area contributed by atoms with Crippen molar-refractivity contribution in [2.75, 3.05) is 13.1 Å². The minimum Gasteiger partial charge on any atom is -0.393 e. The monoisotopic (exact) mass is 292 g/mol. The van der Waals surface area contributed by atoms with Crippen LogP contribution in [0.25, 0.3) is 0 Å². The first kappa shape index (κ1) is 15.8. The third-order valence-corrected chi connectivity index (χ3v) is 4.14. The van der Waals surface area contributed by atoms with Gasteiger partial charge in [-0.05, 0) is 25.2 Å². The number of nitrogens with zero attached hydrogens (tertiary/aromatic N) is 2. The Kier molecular flexibility index (Phi) is 4.23. The second-order valence-corrected chi connectivity index (χ2v) is 6.84. The molecule has 116 valence electrons. The number of aliphatic hydroxyl groups is 1. The van der Waals surface area contributed by atoms with Crippen LogP contribution in [0.2, 0.25) is 0 Å². The molecule has 0 bridgehead atoms. The smallest absolute Gasteiger partial charge is 0.259 e. The van der Waals surface area contributed by atoms with Gasteiger partial charge in [-0.25, -0.2) is 0 Å². The fraction of sp³-hybridized carbons (Fsp3) is 0.625. The highest BCUT2D eigenvalue weighted by Crippen LogP contribution is 2.28. The lowest BCUT2D eigenvalue weighted by atomic mass is 9.87. The quantitative estimate of drug-likeness (QED) is 0.849. The second kappa shape index (κ2) is 5.64. The van der Waals surface area contributed by atoms with Gasteiger partial charge in [0.05, 0.1) is 6.10 Å². The highest BCUT2D eigenvalue weighted by atomic mass is 16.3. The van der Waals surface area contributed by atoms with Crippen molar-refractivity contribution >= 4 is 5.91 Å². The van der Waals surface area contributed by atoms with Crippen molar-refractivity contribution in [2.24, 2.45) is 12.5 Å². The number of aliphatic hydroxyl groups excluding tert-OH is 1. The van der Waals surface area contributed by atoms with E-state index in [0.717, 1.165) is 5.69 Å². The lowest BCUT2D eigenvalue weighted by Crippen LogP contribution is -2.39. The molecule has 1 saturated heterocycles. The maximum absolute atomic E-state index is 12.7. The van der Waals surface area contributed by atoms with Crippen LogP contribution in [-0.4, -0.2) is 39.7 Å². The van der Waals surface area contributed by atoms with Crippen LogP contribution in [0.15, 0.2) is 17.1 Å². The number of amides is 1. The van der Waals surface area contributed by atoms with E-state index in [1.54, 1.807) is 15.7 Å². The Morgan fingerprint density at radius 1 is 1.43 bits per heavy atom. The molecule has 0 radical (unpaired) electrons. The summed E-state index contributed by atoms with van der Waals surface area (Å²) in [7, 11) is 1.82. The summed E-state index contributed by atoms with van der Waals surface area (Å²) in [6.07, 6.45) is 2.44. The molecule has 21 heavy (non-hydrogen) atoms. The van der Waals surface area contributed by atoms with Gasteiger partial charge in [0.2, 0.25) is 0 Å². The molecule has 5 heteroatoms. The number of carbonyl (C=O) groups is 1. The number of likely N-dealkylation sites (tertiary alicyclic amines) is 1. The van der Waals surface area contributed by atoms with Gasteiger partial charge in [-0.1, -0.05) is 13.8 Å². The van der Waals surface area contributed by atoms with Crippen LogP contribution >= 0.6 is 0 Å². The van der Waals surface area contributed by atoms with Crippen LogP contribution in [-0.2, 0) is 7.05 Å². The number of aryl methyl sites for hydroxylation is 2. The molecule has 1 fully saturated rings. The molecule has 1 atom stereocenters. The number of hydrogen-bond acceptors (Lipinski definition) is 3. The molecule has 0 spiro atoms. The summed E-state index contributed by atoms with van der Waals surface area (Å²) in [4.78, 5) is 26.4. The van der Waals surface area contributed by atoms with Crippen LogP contribution < -0.4 is 5.43 Å². The van der Waals surface area contributed by atoms with Crippen molar-refractivity contribution in [2.45, 2.75) is 39.7 Å². The number of rotatable bonds is 1. The first-order valence-electron chi connectivity index (χ1n) is 7.34. The first-order valence-corrected chi connectivity index (χ1v) is 7.34. The fourth-order valence-electron chi connectivity index (χ4n) is 2.94. The molecule has 1 aromatic rings. The molecule has 0 aromatic carbocycles. The van der Waals surface area contributed by atoms with Crippen LogP contribution in [0, 0.1) is 12.3 Å². The van der Waals surface area contributed by atoms with Crippen molar-refractivity contribution in [1.82, 2.24) is 9.47 Å². The third-order valence-electron chi connectivity index (χ3n) is 4.14. The van der Waals surface area contributed by atoms with Gasteiger partial charge < -0.3 is 14.6 Å². The van der Waals surface area contributed by atoms with Gasteiger partial charge in [0, 0.05) is 38.1 Å². The molecule has 0 aliphatic carbocycles. The SMILES string of the molecule is Cc1cc(=O)c(C(=O)N2CCC(O)CC(C)(C)C2)cn1C. The topological polar surface area (TPSA) is 62.5 Å². The van der Waals surface area contributed by atoms with E-state index in [0.29, 0.717) is 25.9 Å². The molecule has 2 rings (SSSR count). The van der Waals surface area contributed by atoms with Gasteiger partial charge >= 0.3 is 0 Å². The lowest BCUT2D eigenvalue weighted by Gasteiger charge is -2.29. The minimum atomic E-state index is -0.390. The Morgan fingerprint density at radius 2 is 2.10 bits per heavy atom. The molecule has 1 amide bonds. The van der Waals surface area contributed by atoms with Crippen LogP contribution in [0.4, 0.5) is 0 Å². The second-order valence-electron chi connectivity index (χ2n) is 6.84. The van der Waals surface area contributed by atoms with E-state index in [4.69, 9.17) is 0 Å². The van der Waals surface area contributed by atoms with Crippen LogP contribution in [0.1, 0.15) is 42.7 Å². The summed E-state index contributed by atoms with van der Waals surface area (Å²) >= 11 is 0. The Balaban J connectivity index is 2.31. The highest BCUT2D eigenvalue weighted by molar-refractivity contribution is 5.94. The standard InChI is InChI=1S/C16H24N2O3/c1-11-7-14(20)13(9-17(11)4)15(21)18-6-5-12(19)8-16(2,3)10-18/h7,9,12,19H,5-6,8,10H2,1-4H3. The van der Waals surface area contributed by atoms with E-state index in [9.17, 15) is 14.7 Å². The van der Waals surface area contributed by atoms with Crippen LogP contribution in [0.5, 0.6) is 0 Å². The van der Waals surface area contributed by atoms with E-state index < -0.39 is 6.10 Å². The zero-order chi connectivity index (χ0) is 15.8. The van der Waals surface area contributed by atoms with E-state index >= 15 is 0 Å². The summed E-state index contributed by atoms with van der Waals surface area (Å²) in [6, 6.07) is 1.49. The van der Waals surface area contributed by atoms with Crippen molar-refractivity contribution in [3.63, 3.8) is 0 Å². The molecule has 2 heterocycles. The van der Waals surface area contributed by atoms with Gasteiger partial charge in [0.25, 0.3) is 5.91 Å². The lowest BCUT2D eigenvalue weighted by molar-refractivity contribution is 0.0702. The maximum atomic E-state index is 12.7. The third kappa shape index (κ3) is 3.53. The van der Waals surface area contributed by atoms with Crippen LogP contribution in [0.3, 0.4) is 0 Å². The molecule has 1 aromatic heterocycles. The summed E-state index contributed by atoms with van der Waals surface area (Å²) < 4.78 is 1.78. The Bertz CT molecular complexity index is 604. The molecule has 5 nitrogen and oxygen atoms in total. The fourth-order valence-corrected chi connectivity index (χ4v) is 2.94. The Hall–Kier alpha value is -1.62. The molecule has 1 N–H and O–H groups in total. The zero-order valence-corrected chi connectivity index (χ0v) is 13.2. The van der Waals surface area contributed by atoms with Crippen molar-refractivity contribution in [1.29, 1.82) is 0 Å². The Labute approximate surface area is 125 Å². The largest absolute Gasteiger partial charge is 0.393 e. The summed E-state index contributed by atoms with van der Waals surface area (Å²) in [5, 5.41) is 9.93. The summed E-state index contributed by atoms with van der Waals surface area (Å²) in [5.74, 6) is -0.238. The van der Waals surface area contributed by atoms with E-state index in [1.165, 1.54) is 6.07 Å². The average molecular weight is 292 g/mol. The van der Waals surface area contributed by atoms with E-state index in [1.807, 2.05) is 27.8 Å². The molecular formula is C16H24N2O3. The normalized spacial score (nSPS) is 22.0.